The number of fused-ring (bicyclic) bond motifs is 2. The first-order valence-electron chi connectivity index (χ1n) is 8.28. The topological polar surface area (TPSA) is 9.23 Å². The lowest BCUT2D eigenvalue weighted by Gasteiger charge is -2.12. The van der Waals surface area contributed by atoms with Crippen molar-refractivity contribution in [3.8, 4) is 11.5 Å². The summed E-state index contributed by atoms with van der Waals surface area (Å²) in [5, 5.41) is 2.41. The van der Waals surface area contributed by atoms with Crippen LogP contribution in [0.25, 0.3) is 22.9 Å². The van der Waals surface area contributed by atoms with Gasteiger partial charge < -0.3 is 4.74 Å². The molecule has 1 aliphatic carbocycles. The fourth-order valence-corrected chi connectivity index (χ4v) is 2.94. The van der Waals surface area contributed by atoms with Gasteiger partial charge in [-0.2, -0.15) is 0 Å². The molecule has 1 heteroatoms. The van der Waals surface area contributed by atoms with E-state index in [1.54, 1.807) is 0 Å². The highest BCUT2D eigenvalue weighted by molar-refractivity contribution is 5.83. The van der Waals surface area contributed by atoms with E-state index in [2.05, 4.69) is 80.6 Å². The summed E-state index contributed by atoms with van der Waals surface area (Å²) in [5.74, 6) is 1.73. The summed E-state index contributed by atoms with van der Waals surface area (Å²) < 4.78 is 6.09. The van der Waals surface area contributed by atoms with Crippen molar-refractivity contribution in [3.63, 3.8) is 0 Å². The third-order valence-corrected chi connectivity index (χ3v) is 4.40. The lowest BCUT2D eigenvalue weighted by atomic mass is 9.93. The molecule has 0 heterocycles. The highest BCUT2D eigenvalue weighted by Crippen LogP contribution is 2.31. The van der Waals surface area contributed by atoms with Crippen molar-refractivity contribution in [1.82, 2.24) is 0 Å². The molecule has 0 unspecified atom stereocenters. The number of rotatable bonds is 2. The number of benzene rings is 3. The van der Waals surface area contributed by atoms with Crippen LogP contribution in [0, 0.1) is 5.41 Å². The number of hydrogen-bond acceptors (Lipinski definition) is 1. The summed E-state index contributed by atoms with van der Waals surface area (Å²) in [7, 11) is 0. The van der Waals surface area contributed by atoms with Gasteiger partial charge in [0, 0.05) is 5.41 Å². The lowest BCUT2D eigenvalue weighted by Crippen LogP contribution is -1.99. The Labute approximate surface area is 142 Å². The quantitative estimate of drug-likeness (QED) is 0.511. The van der Waals surface area contributed by atoms with Crippen molar-refractivity contribution >= 4 is 22.9 Å². The SMILES string of the molecule is CC1(C)C=Cc2ccc(Oc3ccc4ccccc4c3)cc2C=C1. The molecular weight excluding hydrogens is 292 g/mol. The minimum atomic E-state index is 0.0817. The van der Waals surface area contributed by atoms with Crippen LogP contribution in [0.15, 0.2) is 72.8 Å². The van der Waals surface area contributed by atoms with Gasteiger partial charge in [-0.15, -0.1) is 0 Å². The maximum Gasteiger partial charge on any atom is 0.128 e. The van der Waals surface area contributed by atoms with Crippen LogP contribution < -0.4 is 4.74 Å². The Morgan fingerprint density at radius 2 is 1.33 bits per heavy atom. The van der Waals surface area contributed by atoms with Crippen molar-refractivity contribution in [3.05, 3.63) is 83.9 Å². The van der Waals surface area contributed by atoms with Gasteiger partial charge in [0.1, 0.15) is 11.5 Å². The molecule has 0 saturated carbocycles. The van der Waals surface area contributed by atoms with E-state index in [1.807, 2.05) is 18.2 Å². The number of hydrogen-bond donors (Lipinski definition) is 0. The molecule has 0 fully saturated rings. The molecule has 1 aliphatic rings. The largest absolute Gasteiger partial charge is 0.457 e. The maximum absolute atomic E-state index is 6.09. The van der Waals surface area contributed by atoms with E-state index in [-0.39, 0.29) is 5.41 Å². The smallest absolute Gasteiger partial charge is 0.128 e. The molecule has 0 radical (unpaired) electrons. The first-order chi connectivity index (χ1) is 11.6. The van der Waals surface area contributed by atoms with Gasteiger partial charge in [-0.05, 0) is 46.2 Å². The Morgan fingerprint density at radius 1 is 0.667 bits per heavy atom. The van der Waals surface area contributed by atoms with Gasteiger partial charge >= 0.3 is 0 Å². The summed E-state index contributed by atoms with van der Waals surface area (Å²) in [6, 6.07) is 20.8. The minimum Gasteiger partial charge on any atom is -0.457 e. The second kappa shape index (κ2) is 5.68. The molecule has 3 aromatic rings. The van der Waals surface area contributed by atoms with Crippen LogP contribution in [0.5, 0.6) is 11.5 Å². The van der Waals surface area contributed by atoms with Gasteiger partial charge in [-0.3, -0.25) is 0 Å². The molecule has 0 N–H and O–H groups in total. The lowest BCUT2D eigenvalue weighted by molar-refractivity contribution is 0.483. The van der Waals surface area contributed by atoms with Crippen molar-refractivity contribution < 1.29 is 4.74 Å². The predicted molar refractivity (Wildman–Crippen MR) is 102 cm³/mol. The average Bonchev–Trinajstić information content (AvgIpc) is 2.73. The third kappa shape index (κ3) is 2.98. The number of allylic oxidation sites excluding steroid dienone is 2. The molecule has 0 atom stereocenters. The van der Waals surface area contributed by atoms with Gasteiger partial charge in [-0.1, -0.05) is 74.5 Å². The Hall–Kier alpha value is -2.80. The van der Waals surface area contributed by atoms with Gasteiger partial charge in [0.15, 0.2) is 0 Å². The van der Waals surface area contributed by atoms with Crippen LogP contribution in [-0.2, 0) is 0 Å². The molecule has 0 aliphatic heterocycles. The summed E-state index contributed by atoms with van der Waals surface area (Å²) >= 11 is 0. The molecular formula is C23H20O. The van der Waals surface area contributed by atoms with Crippen molar-refractivity contribution in [1.29, 1.82) is 0 Å². The summed E-state index contributed by atoms with van der Waals surface area (Å²) in [5.41, 5.74) is 2.50. The molecule has 3 aromatic carbocycles. The Kier molecular flexibility index (Phi) is 3.50. The Morgan fingerprint density at radius 3 is 2.17 bits per heavy atom. The molecule has 0 bridgehead atoms. The Bertz CT molecular complexity index is 961. The molecule has 24 heavy (non-hydrogen) atoms. The summed E-state index contributed by atoms with van der Waals surface area (Å²) in [6.07, 6.45) is 8.84. The van der Waals surface area contributed by atoms with Crippen molar-refractivity contribution in [2.45, 2.75) is 13.8 Å². The van der Waals surface area contributed by atoms with Gasteiger partial charge in [0.25, 0.3) is 0 Å². The normalized spacial score (nSPS) is 15.1. The second-order valence-electron chi connectivity index (χ2n) is 6.89. The third-order valence-electron chi connectivity index (χ3n) is 4.40. The van der Waals surface area contributed by atoms with Crippen LogP contribution in [0.1, 0.15) is 25.0 Å². The first kappa shape index (κ1) is 14.8. The zero-order valence-corrected chi connectivity index (χ0v) is 14.0. The maximum atomic E-state index is 6.09. The van der Waals surface area contributed by atoms with Gasteiger partial charge in [0.05, 0.1) is 0 Å². The molecule has 118 valence electrons. The standard InChI is InChI=1S/C23H20O/c1-23(2)13-11-18-8-10-22(16-20(18)12-14-23)24-21-9-7-17-5-3-4-6-19(17)15-21/h3-16H,1-2H3. The van der Waals surface area contributed by atoms with Crippen LogP contribution in [0.3, 0.4) is 0 Å². The van der Waals surface area contributed by atoms with Gasteiger partial charge in [-0.25, -0.2) is 0 Å². The van der Waals surface area contributed by atoms with E-state index in [4.69, 9.17) is 4.74 Å². The fraction of sp³-hybridized carbons (Fsp3) is 0.130. The second-order valence-corrected chi connectivity index (χ2v) is 6.89. The molecule has 0 amide bonds. The van der Waals surface area contributed by atoms with Crippen LogP contribution in [0.2, 0.25) is 0 Å². The van der Waals surface area contributed by atoms with E-state index < -0.39 is 0 Å². The molecule has 4 rings (SSSR count). The summed E-state index contributed by atoms with van der Waals surface area (Å²) in [4.78, 5) is 0. The Balaban J connectivity index is 1.66. The fourth-order valence-electron chi connectivity index (χ4n) is 2.94. The number of ether oxygens (including phenoxy) is 1. The summed E-state index contributed by atoms with van der Waals surface area (Å²) in [6.45, 7) is 4.41. The average molecular weight is 312 g/mol. The van der Waals surface area contributed by atoms with E-state index in [0.717, 1.165) is 11.5 Å². The van der Waals surface area contributed by atoms with Crippen LogP contribution in [0.4, 0.5) is 0 Å². The highest BCUT2D eigenvalue weighted by atomic mass is 16.5. The van der Waals surface area contributed by atoms with E-state index >= 15 is 0 Å². The van der Waals surface area contributed by atoms with E-state index in [1.165, 1.54) is 21.9 Å². The van der Waals surface area contributed by atoms with Crippen LogP contribution >= 0.6 is 0 Å². The minimum absolute atomic E-state index is 0.0817. The zero-order chi connectivity index (χ0) is 16.6. The van der Waals surface area contributed by atoms with E-state index in [9.17, 15) is 0 Å². The van der Waals surface area contributed by atoms with Crippen molar-refractivity contribution in [2.75, 3.05) is 0 Å². The monoisotopic (exact) mass is 312 g/mol. The molecule has 1 nitrogen and oxygen atoms in total. The highest BCUT2D eigenvalue weighted by Gasteiger charge is 2.13. The molecule has 0 saturated heterocycles. The zero-order valence-electron chi connectivity index (χ0n) is 14.0. The van der Waals surface area contributed by atoms with E-state index in [0.29, 0.717) is 0 Å². The van der Waals surface area contributed by atoms with Gasteiger partial charge in [0.2, 0.25) is 0 Å². The van der Waals surface area contributed by atoms with Crippen LogP contribution in [-0.4, -0.2) is 0 Å². The molecule has 0 aromatic heterocycles. The predicted octanol–water partition coefficient (Wildman–Crippen LogP) is 6.70. The first-order valence-corrected chi connectivity index (χ1v) is 8.28. The molecule has 0 spiro atoms. The van der Waals surface area contributed by atoms with Crippen molar-refractivity contribution in [2.24, 2.45) is 5.41 Å².